The fourth-order valence-corrected chi connectivity index (χ4v) is 5.26. The first-order valence-corrected chi connectivity index (χ1v) is 12.8. The van der Waals surface area contributed by atoms with Gasteiger partial charge in [0.2, 0.25) is 5.91 Å². The van der Waals surface area contributed by atoms with Crippen molar-refractivity contribution >= 4 is 33.2 Å². The average molecular weight is 512 g/mol. The summed E-state index contributed by atoms with van der Waals surface area (Å²) >= 11 is 0. The number of para-hydroxylation sites is 2. The standard InChI is InChI=1S/C26H26FN3O5S/c1-19-10-12-20(13-11-19)36(33,34)30(24-9-5-3-7-22(24)27)18-25(31)28-23-8-4-2-6-21(23)26(32)29-14-16-35-17-15-29/h2-13H,14-18H2,1H3,(H,28,31). The summed E-state index contributed by atoms with van der Waals surface area (Å²) in [5, 5.41) is 2.64. The van der Waals surface area contributed by atoms with Gasteiger partial charge in [0.1, 0.15) is 12.4 Å². The molecular weight excluding hydrogens is 485 g/mol. The number of benzene rings is 3. The Morgan fingerprint density at radius 2 is 1.61 bits per heavy atom. The highest BCUT2D eigenvalue weighted by Crippen LogP contribution is 2.27. The van der Waals surface area contributed by atoms with Crippen LogP contribution in [0.25, 0.3) is 0 Å². The second-order valence-electron chi connectivity index (χ2n) is 8.27. The molecule has 1 aliphatic heterocycles. The molecule has 8 nitrogen and oxygen atoms in total. The van der Waals surface area contributed by atoms with Crippen LogP contribution < -0.4 is 9.62 Å². The predicted octanol–water partition coefficient (Wildman–Crippen LogP) is 3.44. The lowest BCUT2D eigenvalue weighted by Crippen LogP contribution is -2.41. The second-order valence-corrected chi connectivity index (χ2v) is 10.1. The van der Waals surface area contributed by atoms with Crippen molar-refractivity contribution in [1.82, 2.24) is 4.90 Å². The van der Waals surface area contributed by atoms with Crippen molar-refractivity contribution in [3.63, 3.8) is 0 Å². The van der Waals surface area contributed by atoms with Gasteiger partial charge in [-0.2, -0.15) is 0 Å². The summed E-state index contributed by atoms with van der Waals surface area (Å²) in [6.45, 7) is 2.82. The van der Waals surface area contributed by atoms with Crippen LogP contribution in [0.15, 0.2) is 77.7 Å². The third-order valence-electron chi connectivity index (χ3n) is 5.75. The molecule has 1 saturated heterocycles. The monoisotopic (exact) mass is 511 g/mol. The van der Waals surface area contributed by atoms with Crippen molar-refractivity contribution < 1.29 is 27.1 Å². The molecule has 4 rings (SSSR count). The second kappa shape index (κ2) is 10.9. The number of sulfonamides is 1. The van der Waals surface area contributed by atoms with Gasteiger partial charge in [-0.1, -0.05) is 42.0 Å². The fourth-order valence-electron chi connectivity index (χ4n) is 3.83. The summed E-state index contributed by atoms with van der Waals surface area (Å²) in [4.78, 5) is 27.7. The van der Waals surface area contributed by atoms with Gasteiger partial charge in [0.05, 0.1) is 35.0 Å². The summed E-state index contributed by atoms with van der Waals surface area (Å²) in [5.41, 5.74) is 1.10. The van der Waals surface area contributed by atoms with Crippen LogP contribution in [0.3, 0.4) is 0 Å². The van der Waals surface area contributed by atoms with E-state index in [4.69, 9.17) is 4.74 Å². The lowest BCUT2D eigenvalue weighted by atomic mass is 10.1. The molecule has 0 spiro atoms. The smallest absolute Gasteiger partial charge is 0.264 e. The molecule has 10 heteroatoms. The highest BCUT2D eigenvalue weighted by Gasteiger charge is 2.30. The molecule has 0 bridgehead atoms. The zero-order valence-corrected chi connectivity index (χ0v) is 20.5. The molecule has 36 heavy (non-hydrogen) atoms. The topological polar surface area (TPSA) is 96.0 Å². The van der Waals surface area contributed by atoms with Crippen LogP contribution in [0, 0.1) is 12.7 Å². The Kier molecular flexibility index (Phi) is 7.66. The first kappa shape index (κ1) is 25.3. The molecule has 1 fully saturated rings. The Hall–Kier alpha value is -3.76. The highest BCUT2D eigenvalue weighted by atomic mass is 32.2. The van der Waals surface area contributed by atoms with Gasteiger partial charge < -0.3 is 15.0 Å². The van der Waals surface area contributed by atoms with Crippen LogP contribution in [0.4, 0.5) is 15.8 Å². The fraction of sp³-hybridized carbons (Fsp3) is 0.231. The van der Waals surface area contributed by atoms with Crippen molar-refractivity contribution in [2.45, 2.75) is 11.8 Å². The molecule has 188 valence electrons. The SMILES string of the molecule is Cc1ccc(S(=O)(=O)N(CC(=O)Nc2ccccc2C(=O)N2CCOCC2)c2ccccc2F)cc1. The lowest BCUT2D eigenvalue weighted by molar-refractivity contribution is -0.114. The molecule has 0 radical (unpaired) electrons. The van der Waals surface area contributed by atoms with Crippen LogP contribution in [-0.2, 0) is 19.6 Å². The number of hydrogen-bond acceptors (Lipinski definition) is 5. The van der Waals surface area contributed by atoms with Gasteiger partial charge in [0.25, 0.3) is 15.9 Å². The van der Waals surface area contributed by atoms with Crippen LogP contribution >= 0.6 is 0 Å². The number of carbonyl (C=O) groups is 2. The number of halogens is 1. The van der Waals surface area contributed by atoms with Crippen molar-refractivity contribution in [2.24, 2.45) is 0 Å². The third kappa shape index (κ3) is 5.55. The Balaban J connectivity index is 1.62. The van der Waals surface area contributed by atoms with Crippen LogP contribution in [-0.4, -0.2) is 58.0 Å². The van der Waals surface area contributed by atoms with Crippen LogP contribution in [0.2, 0.25) is 0 Å². The molecule has 0 aliphatic carbocycles. The Labute approximate surface area is 209 Å². The summed E-state index contributed by atoms with van der Waals surface area (Å²) in [7, 11) is -4.28. The number of anilines is 2. The minimum atomic E-state index is -4.28. The molecule has 1 N–H and O–H groups in total. The van der Waals surface area contributed by atoms with Crippen molar-refractivity contribution in [1.29, 1.82) is 0 Å². The first-order chi connectivity index (χ1) is 17.3. The van der Waals surface area contributed by atoms with Crippen molar-refractivity contribution in [2.75, 3.05) is 42.5 Å². The number of hydrogen-bond donors (Lipinski definition) is 1. The molecule has 2 amide bonds. The summed E-state index contributed by atoms with van der Waals surface area (Å²) in [6, 6.07) is 17.9. The number of nitrogens with zero attached hydrogens (tertiary/aromatic N) is 2. The number of amides is 2. The van der Waals surface area contributed by atoms with E-state index in [1.807, 2.05) is 6.92 Å². The molecule has 0 aromatic heterocycles. The highest BCUT2D eigenvalue weighted by molar-refractivity contribution is 7.92. The van der Waals surface area contributed by atoms with Gasteiger partial charge in [-0.3, -0.25) is 13.9 Å². The van der Waals surface area contributed by atoms with E-state index in [-0.39, 0.29) is 27.7 Å². The zero-order chi connectivity index (χ0) is 25.7. The van der Waals surface area contributed by atoms with Gasteiger partial charge in [-0.25, -0.2) is 12.8 Å². The minimum Gasteiger partial charge on any atom is -0.378 e. The number of carbonyl (C=O) groups excluding carboxylic acids is 2. The van der Waals surface area contributed by atoms with E-state index >= 15 is 0 Å². The molecule has 1 heterocycles. The van der Waals surface area contributed by atoms with Gasteiger partial charge in [0.15, 0.2) is 0 Å². The molecule has 0 atom stereocenters. The summed E-state index contributed by atoms with van der Waals surface area (Å²) < 4.78 is 47.7. The zero-order valence-electron chi connectivity index (χ0n) is 19.7. The Morgan fingerprint density at radius 1 is 0.972 bits per heavy atom. The molecular formula is C26H26FN3O5S. The quantitative estimate of drug-likeness (QED) is 0.524. The number of ether oxygens (including phenoxy) is 1. The number of morpholine rings is 1. The van der Waals surface area contributed by atoms with Gasteiger partial charge in [-0.15, -0.1) is 0 Å². The summed E-state index contributed by atoms with van der Waals surface area (Å²) in [6.07, 6.45) is 0. The van der Waals surface area contributed by atoms with Gasteiger partial charge >= 0.3 is 0 Å². The molecule has 3 aromatic rings. The van der Waals surface area contributed by atoms with Gasteiger partial charge in [0, 0.05) is 13.1 Å². The van der Waals surface area contributed by atoms with Crippen LogP contribution in [0.1, 0.15) is 15.9 Å². The third-order valence-corrected chi connectivity index (χ3v) is 7.52. The predicted molar refractivity (Wildman–Crippen MR) is 134 cm³/mol. The maximum atomic E-state index is 14.7. The Bertz CT molecular complexity index is 1360. The van der Waals surface area contributed by atoms with Crippen molar-refractivity contribution in [3.8, 4) is 0 Å². The van der Waals surface area contributed by atoms with E-state index in [9.17, 15) is 22.4 Å². The van der Waals surface area contributed by atoms with E-state index in [1.54, 1.807) is 41.3 Å². The maximum absolute atomic E-state index is 14.7. The average Bonchev–Trinajstić information content (AvgIpc) is 2.88. The molecule has 0 unspecified atom stereocenters. The number of nitrogens with one attached hydrogen (secondary N) is 1. The first-order valence-electron chi connectivity index (χ1n) is 11.4. The minimum absolute atomic E-state index is 0.0768. The van der Waals surface area contributed by atoms with Crippen molar-refractivity contribution in [3.05, 3.63) is 89.7 Å². The lowest BCUT2D eigenvalue weighted by Gasteiger charge is -2.28. The van der Waals surface area contributed by atoms with Gasteiger partial charge in [-0.05, 0) is 43.3 Å². The molecule has 3 aromatic carbocycles. The Morgan fingerprint density at radius 3 is 2.31 bits per heavy atom. The molecule has 1 aliphatic rings. The summed E-state index contributed by atoms with van der Waals surface area (Å²) in [5.74, 6) is -1.78. The largest absolute Gasteiger partial charge is 0.378 e. The number of rotatable bonds is 7. The maximum Gasteiger partial charge on any atom is 0.264 e. The number of aryl methyl sites for hydroxylation is 1. The van der Waals surface area contributed by atoms with E-state index < -0.39 is 28.3 Å². The van der Waals surface area contributed by atoms with E-state index in [0.717, 1.165) is 15.9 Å². The molecule has 0 saturated carbocycles. The van der Waals surface area contributed by atoms with E-state index in [0.29, 0.717) is 26.3 Å². The van der Waals surface area contributed by atoms with Crippen LogP contribution in [0.5, 0.6) is 0 Å². The van der Waals surface area contributed by atoms with E-state index in [2.05, 4.69) is 5.32 Å². The normalized spacial score (nSPS) is 13.8. The van der Waals surface area contributed by atoms with E-state index in [1.165, 1.54) is 30.3 Å².